The molecule has 7 rings (SSSR count). The van der Waals surface area contributed by atoms with E-state index in [1.54, 1.807) is 7.11 Å². The first-order valence-electron chi connectivity index (χ1n) is 11.6. The Bertz CT molecular complexity index is 1070. The number of nitrogens with one attached hydrogen (secondary N) is 1. The van der Waals surface area contributed by atoms with Crippen molar-refractivity contribution in [1.82, 2.24) is 10.2 Å². The van der Waals surface area contributed by atoms with Gasteiger partial charge in [-0.15, -0.1) is 0 Å². The summed E-state index contributed by atoms with van der Waals surface area (Å²) < 4.78 is 12.7. The molecule has 5 unspecified atom stereocenters. The molecule has 3 saturated heterocycles. The number of carbonyl (C=O) groups excluding carboxylic acids is 1. The fraction of sp³-hybridized carbons (Fsp3) is 0.500. The Hall–Kier alpha value is -2.37. The number of ether oxygens (including phenoxy) is 2. The number of carbonyl (C=O) groups is 1. The smallest absolute Gasteiger partial charge is 0.254 e. The van der Waals surface area contributed by atoms with E-state index in [4.69, 9.17) is 9.47 Å². The quantitative estimate of drug-likeness (QED) is 0.818. The number of methoxy groups -OCH3 is 1. The Kier molecular flexibility index (Phi) is 3.59. The summed E-state index contributed by atoms with van der Waals surface area (Å²) in [6.07, 6.45) is 4.23. The molecule has 1 saturated carbocycles. The van der Waals surface area contributed by atoms with Crippen molar-refractivity contribution in [2.45, 2.75) is 54.9 Å². The van der Waals surface area contributed by atoms with Crippen LogP contribution in [-0.2, 0) is 16.6 Å². The summed E-state index contributed by atoms with van der Waals surface area (Å²) in [5.41, 5.74) is 3.44. The average molecular weight is 417 g/mol. The molecule has 4 fully saturated rings. The summed E-state index contributed by atoms with van der Waals surface area (Å²) in [5, 5.41) is 3.81. The molecule has 6 atom stereocenters. The highest BCUT2D eigenvalue weighted by Crippen LogP contribution is 2.68. The zero-order chi connectivity index (χ0) is 20.8. The van der Waals surface area contributed by atoms with Crippen molar-refractivity contribution in [3.05, 3.63) is 65.2 Å². The molecule has 5 heteroatoms. The van der Waals surface area contributed by atoms with E-state index >= 15 is 0 Å². The summed E-state index contributed by atoms with van der Waals surface area (Å²) in [5.74, 6) is 1.43. The van der Waals surface area contributed by atoms with Crippen LogP contribution in [0.1, 0.15) is 40.7 Å². The maximum Gasteiger partial charge on any atom is 0.254 e. The van der Waals surface area contributed by atoms with Crippen LogP contribution in [-0.4, -0.2) is 54.8 Å². The van der Waals surface area contributed by atoms with Gasteiger partial charge < -0.3 is 19.7 Å². The van der Waals surface area contributed by atoms with Gasteiger partial charge in [-0.1, -0.05) is 24.3 Å². The highest BCUT2D eigenvalue weighted by molar-refractivity contribution is 5.94. The minimum atomic E-state index is -0.154. The zero-order valence-electron chi connectivity index (χ0n) is 17.8. The van der Waals surface area contributed by atoms with Gasteiger partial charge in [0.05, 0.1) is 18.8 Å². The monoisotopic (exact) mass is 416 g/mol. The number of fused-ring (bicyclic) bond motifs is 1. The molecule has 3 heterocycles. The van der Waals surface area contributed by atoms with Crippen molar-refractivity contribution >= 4 is 5.91 Å². The summed E-state index contributed by atoms with van der Waals surface area (Å²) in [4.78, 5) is 15.6. The minimum absolute atomic E-state index is 0.0374. The molecule has 0 aromatic heterocycles. The molecule has 0 radical (unpaired) electrons. The first kappa shape index (κ1) is 18.2. The molecule has 4 bridgehead atoms. The SMILES string of the molecule is COc1ccc2c(c1)C13CCNC(C2)C12CCC1C3[C@@H](CN1C(=O)c1ccccc1)O2. The van der Waals surface area contributed by atoms with Gasteiger partial charge >= 0.3 is 0 Å². The van der Waals surface area contributed by atoms with E-state index in [-0.39, 0.29) is 29.1 Å². The highest BCUT2D eigenvalue weighted by Gasteiger charge is 2.77. The van der Waals surface area contributed by atoms with Crippen molar-refractivity contribution in [3.63, 3.8) is 0 Å². The molecule has 31 heavy (non-hydrogen) atoms. The van der Waals surface area contributed by atoms with E-state index < -0.39 is 0 Å². The van der Waals surface area contributed by atoms with E-state index in [9.17, 15) is 4.79 Å². The Labute approximate surface area is 182 Å². The molecular weight excluding hydrogens is 388 g/mol. The highest BCUT2D eigenvalue weighted by atomic mass is 16.5. The van der Waals surface area contributed by atoms with Gasteiger partial charge in [0.15, 0.2) is 0 Å². The maximum atomic E-state index is 13.5. The number of amides is 1. The maximum absolute atomic E-state index is 13.5. The number of piperidine rings is 1. The van der Waals surface area contributed by atoms with Crippen LogP contribution in [0.5, 0.6) is 5.75 Å². The minimum Gasteiger partial charge on any atom is -0.497 e. The van der Waals surface area contributed by atoms with Gasteiger partial charge in [0, 0.05) is 35.5 Å². The van der Waals surface area contributed by atoms with Crippen LogP contribution < -0.4 is 10.1 Å². The molecule has 2 aromatic carbocycles. The Morgan fingerprint density at radius 2 is 2.06 bits per heavy atom. The molecule has 3 aliphatic heterocycles. The second-order valence-electron chi connectivity index (χ2n) is 9.96. The van der Waals surface area contributed by atoms with Crippen LogP contribution in [0.15, 0.2) is 48.5 Å². The van der Waals surface area contributed by atoms with Gasteiger partial charge in [0.2, 0.25) is 0 Å². The van der Waals surface area contributed by atoms with Crippen LogP contribution in [0.2, 0.25) is 0 Å². The fourth-order valence-corrected chi connectivity index (χ4v) is 8.09. The molecule has 160 valence electrons. The third-order valence-electron chi connectivity index (χ3n) is 9.07. The summed E-state index contributed by atoms with van der Waals surface area (Å²) >= 11 is 0. The van der Waals surface area contributed by atoms with Gasteiger partial charge in [-0.3, -0.25) is 4.79 Å². The first-order chi connectivity index (χ1) is 15.2. The number of rotatable bonds is 2. The Balaban J connectivity index is 1.37. The molecule has 5 nitrogen and oxygen atoms in total. The largest absolute Gasteiger partial charge is 0.497 e. The molecule has 2 aliphatic carbocycles. The number of nitrogens with zero attached hydrogens (tertiary/aromatic N) is 1. The van der Waals surface area contributed by atoms with Crippen molar-refractivity contribution in [3.8, 4) is 5.75 Å². The third-order valence-corrected chi connectivity index (χ3v) is 9.07. The summed E-state index contributed by atoms with van der Waals surface area (Å²) in [6.45, 7) is 1.72. The standard InChI is InChI=1S/C26H28N2O3/c1-30-18-8-7-17-13-22-26-10-9-20-23(25(26,11-12-27-22)19(17)14-18)21(31-26)15-28(20)24(29)16-5-3-2-4-6-16/h2-8,14,20-23,27H,9-13,15H2,1H3/t20?,21-,22?,23?,25?,26?/m1/s1. The van der Waals surface area contributed by atoms with Crippen LogP contribution >= 0.6 is 0 Å². The topological polar surface area (TPSA) is 50.8 Å². The zero-order valence-corrected chi connectivity index (χ0v) is 17.8. The third kappa shape index (κ3) is 2.07. The predicted molar refractivity (Wildman–Crippen MR) is 116 cm³/mol. The lowest BCUT2D eigenvalue weighted by Crippen LogP contribution is -2.73. The number of hydrogen-bond donors (Lipinski definition) is 1. The van der Waals surface area contributed by atoms with Gasteiger partial charge in [-0.25, -0.2) is 0 Å². The van der Waals surface area contributed by atoms with E-state index in [2.05, 4.69) is 28.4 Å². The second kappa shape index (κ2) is 6.11. The average Bonchev–Trinajstić information content (AvgIpc) is 3.25. The molecule has 1 N–H and O–H groups in total. The van der Waals surface area contributed by atoms with Crippen LogP contribution in [0.3, 0.4) is 0 Å². The van der Waals surface area contributed by atoms with Crippen LogP contribution in [0, 0.1) is 5.92 Å². The molecule has 1 amide bonds. The van der Waals surface area contributed by atoms with E-state index in [0.717, 1.165) is 43.5 Å². The lowest BCUT2D eigenvalue weighted by atomic mass is 9.47. The normalized spacial score (nSPS) is 39.1. The molecule has 0 spiro atoms. The summed E-state index contributed by atoms with van der Waals surface area (Å²) in [7, 11) is 1.75. The molecular formula is C26H28N2O3. The molecule has 2 aromatic rings. The lowest BCUT2D eigenvalue weighted by molar-refractivity contribution is -0.134. The number of hydrogen-bond acceptors (Lipinski definition) is 4. The lowest BCUT2D eigenvalue weighted by Gasteiger charge is -2.62. The number of benzene rings is 2. The summed E-state index contributed by atoms with van der Waals surface area (Å²) in [6, 6.07) is 17.0. The Morgan fingerprint density at radius 1 is 1.19 bits per heavy atom. The second-order valence-corrected chi connectivity index (χ2v) is 9.96. The van der Waals surface area contributed by atoms with Gasteiger partial charge in [-0.05, 0) is 67.6 Å². The predicted octanol–water partition coefficient (Wildman–Crippen LogP) is 2.92. The van der Waals surface area contributed by atoms with Crippen LogP contribution in [0.4, 0.5) is 0 Å². The van der Waals surface area contributed by atoms with Gasteiger partial charge in [-0.2, -0.15) is 0 Å². The van der Waals surface area contributed by atoms with Crippen molar-refractivity contribution in [2.75, 3.05) is 20.2 Å². The van der Waals surface area contributed by atoms with Crippen molar-refractivity contribution in [1.29, 1.82) is 0 Å². The Morgan fingerprint density at radius 3 is 2.90 bits per heavy atom. The van der Waals surface area contributed by atoms with E-state index in [1.807, 2.05) is 30.3 Å². The fourth-order valence-electron chi connectivity index (χ4n) is 8.09. The van der Waals surface area contributed by atoms with E-state index in [1.165, 1.54) is 11.1 Å². The van der Waals surface area contributed by atoms with Crippen LogP contribution in [0.25, 0.3) is 0 Å². The number of likely N-dealkylation sites (tertiary alicyclic amines) is 1. The first-order valence-corrected chi connectivity index (χ1v) is 11.6. The molecule has 5 aliphatic rings. The van der Waals surface area contributed by atoms with Gasteiger partial charge in [0.1, 0.15) is 5.75 Å². The van der Waals surface area contributed by atoms with Crippen molar-refractivity contribution < 1.29 is 14.3 Å². The van der Waals surface area contributed by atoms with Gasteiger partial charge in [0.25, 0.3) is 5.91 Å². The van der Waals surface area contributed by atoms with E-state index in [0.29, 0.717) is 18.5 Å². The van der Waals surface area contributed by atoms with Crippen molar-refractivity contribution in [2.24, 2.45) is 5.92 Å².